The fourth-order valence-corrected chi connectivity index (χ4v) is 2.73. The molecular formula is C21H20O5. The SMILES string of the molecule is CCc1ccccc1OCC(=O)OCc1cc(=O)oc2cc(C)ccc12. The van der Waals surface area contributed by atoms with Gasteiger partial charge >= 0.3 is 11.6 Å². The molecule has 0 radical (unpaired) electrons. The maximum absolute atomic E-state index is 12.0. The number of esters is 1. The van der Waals surface area contributed by atoms with E-state index in [0.717, 1.165) is 22.9 Å². The second-order valence-electron chi connectivity index (χ2n) is 6.00. The third-order valence-electron chi connectivity index (χ3n) is 4.07. The van der Waals surface area contributed by atoms with Crippen molar-refractivity contribution in [1.29, 1.82) is 0 Å². The Kier molecular flexibility index (Phi) is 5.37. The highest BCUT2D eigenvalue weighted by atomic mass is 16.6. The quantitative estimate of drug-likeness (QED) is 0.499. The van der Waals surface area contributed by atoms with Crippen molar-refractivity contribution in [2.45, 2.75) is 26.9 Å². The Morgan fingerprint density at radius 3 is 2.69 bits per heavy atom. The molecule has 0 atom stereocenters. The van der Waals surface area contributed by atoms with Crippen molar-refractivity contribution in [3.05, 3.63) is 75.6 Å². The smallest absolute Gasteiger partial charge is 0.344 e. The summed E-state index contributed by atoms with van der Waals surface area (Å²) in [4.78, 5) is 23.7. The monoisotopic (exact) mass is 352 g/mol. The number of carbonyl (C=O) groups excluding carboxylic acids is 1. The van der Waals surface area contributed by atoms with Crippen LogP contribution in [0.25, 0.3) is 11.0 Å². The molecule has 3 aromatic rings. The number of aryl methyl sites for hydroxylation is 2. The summed E-state index contributed by atoms with van der Waals surface area (Å²) in [6.07, 6.45) is 0.816. The Balaban J connectivity index is 1.66. The molecule has 134 valence electrons. The molecule has 5 nitrogen and oxygen atoms in total. The van der Waals surface area contributed by atoms with Gasteiger partial charge in [0.15, 0.2) is 6.61 Å². The largest absolute Gasteiger partial charge is 0.482 e. The number of hydrogen-bond donors (Lipinski definition) is 0. The predicted molar refractivity (Wildman–Crippen MR) is 98.3 cm³/mol. The molecule has 1 aromatic heterocycles. The minimum absolute atomic E-state index is 0.0111. The van der Waals surface area contributed by atoms with Gasteiger partial charge in [0, 0.05) is 17.0 Å². The molecule has 0 N–H and O–H groups in total. The Labute approximate surface area is 151 Å². The van der Waals surface area contributed by atoms with Crippen LogP contribution in [0.3, 0.4) is 0 Å². The van der Waals surface area contributed by atoms with Gasteiger partial charge in [0.1, 0.15) is 17.9 Å². The molecule has 2 aromatic carbocycles. The molecule has 0 unspecified atom stereocenters. The molecule has 0 saturated heterocycles. The van der Waals surface area contributed by atoms with E-state index in [-0.39, 0.29) is 13.2 Å². The Morgan fingerprint density at radius 2 is 1.88 bits per heavy atom. The summed E-state index contributed by atoms with van der Waals surface area (Å²) >= 11 is 0. The lowest BCUT2D eigenvalue weighted by atomic mass is 10.1. The van der Waals surface area contributed by atoms with Gasteiger partial charge in [-0.05, 0) is 36.6 Å². The molecule has 0 aliphatic heterocycles. The lowest BCUT2D eigenvalue weighted by Gasteiger charge is -2.11. The van der Waals surface area contributed by atoms with Crippen LogP contribution in [0, 0.1) is 6.92 Å². The molecule has 0 aliphatic rings. The van der Waals surface area contributed by atoms with Gasteiger partial charge in [0.25, 0.3) is 0 Å². The van der Waals surface area contributed by atoms with Gasteiger partial charge in [0.2, 0.25) is 0 Å². The number of ether oxygens (including phenoxy) is 2. The Morgan fingerprint density at radius 1 is 1.08 bits per heavy atom. The highest BCUT2D eigenvalue weighted by Gasteiger charge is 2.10. The first-order valence-corrected chi connectivity index (χ1v) is 8.46. The first-order chi connectivity index (χ1) is 12.6. The van der Waals surface area contributed by atoms with E-state index in [9.17, 15) is 9.59 Å². The lowest BCUT2D eigenvalue weighted by molar-refractivity contribution is -0.147. The van der Waals surface area contributed by atoms with Gasteiger partial charge in [0.05, 0.1) is 0 Å². The third-order valence-corrected chi connectivity index (χ3v) is 4.07. The fraction of sp³-hybridized carbons (Fsp3) is 0.238. The molecular weight excluding hydrogens is 332 g/mol. The van der Waals surface area contributed by atoms with Crippen molar-refractivity contribution in [3.8, 4) is 5.75 Å². The average Bonchev–Trinajstić information content (AvgIpc) is 2.64. The maximum atomic E-state index is 12.0. The summed E-state index contributed by atoms with van der Waals surface area (Å²) in [5.41, 5.74) is 2.64. The fourth-order valence-electron chi connectivity index (χ4n) is 2.73. The minimum Gasteiger partial charge on any atom is -0.482 e. The molecule has 3 rings (SSSR count). The molecule has 0 saturated carbocycles. The van der Waals surface area contributed by atoms with Gasteiger partial charge < -0.3 is 13.9 Å². The summed E-state index contributed by atoms with van der Waals surface area (Å²) in [6.45, 7) is 3.74. The van der Waals surface area contributed by atoms with Crippen molar-refractivity contribution in [2.24, 2.45) is 0 Å². The van der Waals surface area contributed by atoms with E-state index in [4.69, 9.17) is 13.9 Å². The molecule has 0 spiro atoms. The zero-order chi connectivity index (χ0) is 18.5. The molecule has 0 amide bonds. The van der Waals surface area contributed by atoms with E-state index in [1.807, 2.05) is 50.2 Å². The van der Waals surface area contributed by atoms with Crippen LogP contribution >= 0.6 is 0 Å². The topological polar surface area (TPSA) is 65.7 Å². The average molecular weight is 352 g/mol. The molecule has 5 heteroatoms. The minimum atomic E-state index is -0.496. The third kappa shape index (κ3) is 4.11. The number of fused-ring (bicyclic) bond motifs is 1. The van der Waals surface area contributed by atoms with E-state index in [1.165, 1.54) is 6.07 Å². The Bertz CT molecular complexity index is 987. The number of para-hydroxylation sites is 1. The Hall–Kier alpha value is -3.08. The van der Waals surface area contributed by atoms with Crippen LogP contribution in [0.15, 0.2) is 57.7 Å². The standard InChI is InChI=1S/C21H20O5/c1-3-15-6-4-5-7-18(15)24-13-21(23)25-12-16-11-20(22)26-19-10-14(2)8-9-17(16)19/h4-11H,3,12-13H2,1-2H3. The van der Waals surface area contributed by atoms with E-state index < -0.39 is 11.6 Å². The van der Waals surface area contributed by atoms with Crippen molar-refractivity contribution in [1.82, 2.24) is 0 Å². The van der Waals surface area contributed by atoms with Crippen LogP contribution in [0.5, 0.6) is 5.75 Å². The first kappa shape index (κ1) is 17.7. The van der Waals surface area contributed by atoms with Gasteiger partial charge in [-0.25, -0.2) is 9.59 Å². The van der Waals surface area contributed by atoms with Crippen LogP contribution in [0.2, 0.25) is 0 Å². The number of benzene rings is 2. The summed E-state index contributed by atoms with van der Waals surface area (Å²) in [7, 11) is 0. The molecule has 0 aliphatic carbocycles. The van der Waals surface area contributed by atoms with Crippen LogP contribution in [-0.4, -0.2) is 12.6 Å². The number of hydrogen-bond acceptors (Lipinski definition) is 5. The summed E-state index contributed by atoms with van der Waals surface area (Å²) in [6, 6.07) is 14.5. The van der Waals surface area contributed by atoms with Gasteiger partial charge in [-0.3, -0.25) is 0 Å². The van der Waals surface area contributed by atoms with Gasteiger partial charge in [-0.2, -0.15) is 0 Å². The normalized spacial score (nSPS) is 10.7. The van der Waals surface area contributed by atoms with Crippen molar-refractivity contribution >= 4 is 16.9 Å². The van der Waals surface area contributed by atoms with Crippen LogP contribution in [-0.2, 0) is 22.6 Å². The van der Waals surface area contributed by atoms with Gasteiger partial charge in [-0.15, -0.1) is 0 Å². The molecule has 1 heterocycles. The first-order valence-electron chi connectivity index (χ1n) is 8.46. The molecule has 26 heavy (non-hydrogen) atoms. The predicted octanol–water partition coefficient (Wildman–Crippen LogP) is 3.79. The number of carbonyl (C=O) groups is 1. The summed E-state index contributed by atoms with van der Waals surface area (Å²) in [5.74, 6) is 0.178. The zero-order valence-corrected chi connectivity index (χ0v) is 14.8. The van der Waals surface area contributed by atoms with E-state index in [0.29, 0.717) is 16.9 Å². The lowest BCUT2D eigenvalue weighted by Crippen LogP contribution is -2.16. The van der Waals surface area contributed by atoms with Crippen molar-refractivity contribution in [3.63, 3.8) is 0 Å². The van der Waals surface area contributed by atoms with Crippen LogP contribution in [0.4, 0.5) is 0 Å². The summed E-state index contributed by atoms with van der Waals surface area (Å²) < 4.78 is 16.0. The highest BCUT2D eigenvalue weighted by molar-refractivity contribution is 5.81. The highest BCUT2D eigenvalue weighted by Crippen LogP contribution is 2.20. The van der Waals surface area contributed by atoms with Crippen LogP contribution < -0.4 is 10.4 Å². The van der Waals surface area contributed by atoms with Crippen molar-refractivity contribution < 1.29 is 18.7 Å². The van der Waals surface area contributed by atoms with E-state index >= 15 is 0 Å². The maximum Gasteiger partial charge on any atom is 0.344 e. The van der Waals surface area contributed by atoms with Crippen molar-refractivity contribution in [2.75, 3.05) is 6.61 Å². The molecule has 0 fully saturated rings. The van der Waals surface area contributed by atoms with Gasteiger partial charge in [-0.1, -0.05) is 37.3 Å². The van der Waals surface area contributed by atoms with Crippen LogP contribution in [0.1, 0.15) is 23.6 Å². The molecule has 0 bridgehead atoms. The zero-order valence-electron chi connectivity index (χ0n) is 14.8. The van der Waals surface area contributed by atoms with E-state index in [2.05, 4.69) is 0 Å². The van der Waals surface area contributed by atoms with E-state index in [1.54, 1.807) is 6.07 Å². The summed E-state index contributed by atoms with van der Waals surface area (Å²) in [5, 5.41) is 0.750. The number of rotatable bonds is 6. The second-order valence-corrected chi connectivity index (χ2v) is 6.00. The second kappa shape index (κ2) is 7.87.